The molecule has 0 aliphatic carbocycles. The molecule has 128 valence electrons. The first kappa shape index (κ1) is 19.0. The zero-order chi connectivity index (χ0) is 17.6. The molecule has 0 aromatic heterocycles. The van der Waals surface area contributed by atoms with Crippen molar-refractivity contribution in [2.24, 2.45) is 5.92 Å². The summed E-state index contributed by atoms with van der Waals surface area (Å²) in [6, 6.07) is 4.31. The van der Waals surface area contributed by atoms with Crippen molar-refractivity contribution in [2.45, 2.75) is 18.2 Å². The van der Waals surface area contributed by atoms with Crippen molar-refractivity contribution in [3.63, 3.8) is 0 Å². The Hall–Kier alpha value is -2.00. The van der Waals surface area contributed by atoms with Crippen LogP contribution < -0.4 is 4.72 Å². The van der Waals surface area contributed by atoms with E-state index < -0.39 is 27.7 Å². The van der Waals surface area contributed by atoms with Crippen LogP contribution in [0.15, 0.2) is 29.2 Å². The predicted octanol–water partition coefficient (Wildman–Crippen LogP) is 0.673. The number of benzene rings is 1. The maximum Gasteiger partial charge on any atom is 0.308 e. The van der Waals surface area contributed by atoms with Gasteiger partial charge >= 0.3 is 5.97 Å². The molecule has 1 unspecified atom stereocenters. The molecule has 1 rings (SSSR count). The quantitative estimate of drug-likeness (QED) is 0.720. The second kappa shape index (κ2) is 8.02. The number of carbonyl (C=O) groups excluding carboxylic acids is 1. The zero-order valence-electron chi connectivity index (χ0n) is 12.8. The van der Waals surface area contributed by atoms with Crippen molar-refractivity contribution in [3.05, 3.63) is 30.1 Å². The van der Waals surface area contributed by atoms with Crippen LogP contribution in [0, 0.1) is 11.7 Å². The fourth-order valence-electron chi connectivity index (χ4n) is 1.77. The van der Waals surface area contributed by atoms with Gasteiger partial charge < -0.3 is 10.0 Å². The van der Waals surface area contributed by atoms with Crippen LogP contribution in [-0.2, 0) is 19.6 Å². The van der Waals surface area contributed by atoms with E-state index in [1.165, 1.54) is 18.9 Å². The van der Waals surface area contributed by atoms with E-state index in [2.05, 4.69) is 4.72 Å². The van der Waals surface area contributed by atoms with E-state index in [1.54, 1.807) is 0 Å². The highest BCUT2D eigenvalue weighted by Crippen LogP contribution is 2.09. The van der Waals surface area contributed by atoms with E-state index in [-0.39, 0.29) is 30.3 Å². The van der Waals surface area contributed by atoms with E-state index in [9.17, 15) is 22.4 Å². The van der Waals surface area contributed by atoms with E-state index >= 15 is 0 Å². The number of hydrogen-bond acceptors (Lipinski definition) is 4. The number of carbonyl (C=O) groups is 2. The summed E-state index contributed by atoms with van der Waals surface area (Å²) >= 11 is 0. The van der Waals surface area contributed by atoms with Crippen molar-refractivity contribution in [3.8, 4) is 0 Å². The van der Waals surface area contributed by atoms with Crippen LogP contribution >= 0.6 is 0 Å². The maximum absolute atomic E-state index is 12.8. The third-order valence-electron chi connectivity index (χ3n) is 3.15. The summed E-state index contributed by atoms with van der Waals surface area (Å²) in [5.41, 5.74) is 0. The third-order valence-corrected chi connectivity index (χ3v) is 4.63. The third kappa shape index (κ3) is 5.95. The molecule has 1 amide bonds. The lowest BCUT2D eigenvalue weighted by atomic mass is 10.2. The molecule has 9 heteroatoms. The number of amides is 1. The molecule has 1 aromatic carbocycles. The van der Waals surface area contributed by atoms with Gasteiger partial charge in [-0.25, -0.2) is 17.5 Å². The molecule has 7 nitrogen and oxygen atoms in total. The van der Waals surface area contributed by atoms with E-state index in [0.29, 0.717) is 0 Å². The Morgan fingerprint density at radius 1 is 1.30 bits per heavy atom. The van der Waals surface area contributed by atoms with Gasteiger partial charge in [0.15, 0.2) is 0 Å². The minimum absolute atomic E-state index is 0.0406. The molecule has 2 N–H and O–H groups in total. The Labute approximate surface area is 134 Å². The molecular weight excluding hydrogens is 327 g/mol. The SMILES string of the molecule is CC(CN(C)C(=O)CCNS(=O)(=O)c1ccc(F)cc1)C(=O)O. The molecule has 1 aromatic rings. The minimum atomic E-state index is -3.82. The van der Waals surface area contributed by atoms with Crippen LogP contribution in [-0.4, -0.2) is 50.4 Å². The van der Waals surface area contributed by atoms with Crippen LogP contribution in [0.5, 0.6) is 0 Å². The van der Waals surface area contributed by atoms with Gasteiger partial charge in [-0.1, -0.05) is 6.92 Å². The van der Waals surface area contributed by atoms with E-state index in [0.717, 1.165) is 24.3 Å². The number of nitrogens with one attached hydrogen (secondary N) is 1. The normalized spacial score (nSPS) is 12.7. The van der Waals surface area contributed by atoms with Crippen LogP contribution in [0.2, 0.25) is 0 Å². The first-order valence-electron chi connectivity index (χ1n) is 6.85. The van der Waals surface area contributed by atoms with Crippen LogP contribution in [0.3, 0.4) is 0 Å². The van der Waals surface area contributed by atoms with Crippen LogP contribution in [0.25, 0.3) is 0 Å². The largest absolute Gasteiger partial charge is 0.481 e. The van der Waals surface area contributed by atoms with Gasteiger partial charge in [-0.2, -0.15) is 0 Å². The Morgan fingerprint density at radius 2 is 1.87 bits per heavy atom. The van der Waals surface area contributed by atoms with Gasteiger partial charge in [-0.3, -0.25) is 9.59 Å². The lowest BCUT2D eigenvalue weighted by Crippen LogP contribution is -2.36. The standard InChI is InChI=1S/C14H19FN2O5S/c1-10(14(19)20)9-17(2)13(18)7-8-16-23(21,22)12-5-3-11(15)4-6-12/h3-6,10,16H,7-9H2,1-2H3,(H,19,20). The summed E-state index contributed by atoms with van der Waals surface area (Å²) in [6.45, 7) is 1.38. The van der Waals surface area contributed by atoms with Gasteiger partial charge in [-0.05, 0) is 24.3 Å². The van der Waals surface area contributed by atoms with Gasteiger partial charge in [0.25, 0.3) is 0 Å². The number of hydrogen-bond donors (Lipinski definition) is 2. The Bertz CT molecular complexity index is 660. The van der Waals surface area contributed by atoms with E-state index in [4.69, 9.17) is 5.11 Å². The number of halogens is 1. The molecule has 0 heterocycles. The fraction of sp³-hybridized carbons (Fsp3) is 0.429. The summed E-state index contributed by atoms with van der Waals surface area (Å²) in [5.74, 6) is -2.64. The first-order chi connectivity index (χ1) is 10.6. The molecule has 0 saturated heterocycles. The maximum atomic E-state index is 12.8. The Morgan fingerprint density at radius 3 is 2.39 bits per heavy atom. The number of sulfonamides is 1. The molecule has 0 aliphatic heterocycles. The van der Waals surface area contributed by atoms with Crippen molar-refractivity contribution < 1.29 is 27.5 Å². The topological polar surface area (TPSA) is 104 Å². The minimum Gasteiger partial charge on any atom is -0.481 e. The highest BCUT2D eigenvalue weighted by Gasteiger charge is 2.18. The zero-order valence-corrected chi connectivity index (χ0v) is 13.6. The molecular formula is C14H19FN2O5S. The van der Waals surface area contributed by atoms with Crippen LogP contribution in [0.4, 0.5) is 4.39 Å². The highest BCUT2D eigenvalue weighted by molar-refractivity contribution is 7.89. The van der Waals surface area contributed by atoms with Crippen molar-refractivity contribution in [1.82, 2.24) is 9.62 Å². The highest BCUT2D eigenvalue weighted by atomic mass is 32.2. The number of nitrogens with zero attached hydrogens (tertiary/aromatic N) is 1. The predicted molar refractivity (Wildman–Crippen MR) is 80.6 cm³/mol. The molecule has 23 heavy (non-hydrogen) atoms. The van der Waals surface area contributed by atoms with Crippen LogP contribution in [0.1, 0.15) is 13.3 Å². The van der Waals surface area contributed by atoms with Gasteiger partial charge in [0.2, 0.25) is 15.9 Å². The van der Waals surface area contributed by atoms with Gasteiger partial charge in [0.1, 0.15) is 5.82 Å². The number of carboxylic acid groups (broad SMARTS) is 1. The average Bonchev–Trinajstić information content (AvgIpc) is 2.47. The molecule has 0 saturated carbocycles. The second-order valence-electron chi connectivity index (χ2n) is 5.12. The lowest BCUT2D eigenvalue weighted by Gasteiger charge is -2.19. The number of aliphatic carboxylic acids is 1. The Balaban J connectivity index is 2.50. The molecule has 0 aliphatic rings. The first-order valence-corrected chi connectivity index (χ1v) is 8.34. The summed E-state index contributed by atoms with van der Waals surface area (Å²) in [5, 5.41) is 8.78. The Kier molecular flexibility index (Phi) is 6.64. The summed E-state index contributed by atoms with van der Waals surface area (Å²) in [6.07, 6.45) is -0.108. The smallest absolute Gasteiger partial charge is 0.308 e. The van der Waals surface area contributed by atoms with Gasteiger partial charge in [0, 0.05) is 26.6 Å². The molecule has 0 spiro atoms. The summed E-state index contributed by atoms with van der Waals surface area (Å²) < 4.78 is 38.9. The van der Waals surface area contributed by atoms with Crippen molar-refractivity contribution in [2.75, 3.05) is 20.1 Å². The number of carboxylic acids is 1. The molecule has 0 fully saturated rings. The van der Waals surface area contributed by atoms with Crippen molar-refractivity contribution in [1.29, 1.82) is 0 Å². The molecule has 1 atom stereocenters. The fourth-order valence-corrected chi connectivity index (χ4v) is 2.80. The summed E-state index contributed by atoms with van der Waals surface area (Å²) in [4.78, 5) is 23.7. The monoisotopic (exact) mass is 346 g/mol. The molecule has 0 radical (unpaired) electrons. The lowest BCUT2D eigenvalue weighted by molar-refractivity contribution is -0.142. The van der Waals surface area contributed by atoms with Gasteiger partial charge in [0.05, 0.1) is 10.8 Å². The van der Waals surface area contributed by atoms with Crippen molar-refractivity contribution >= 4 is 21.9 Å². The average molecular weight is 346 g/mol. The summed E-state index contributed by atoms with van der Waals surface area (Å²) in [7, 11) is -2.36. The second-order valence-corrected chi connectivity index (χ2v) is 6.88. The molecule has 0 bridgehead atoms. The van der Waals surface area contributed by atoms with Gasteiger partial charge in [-0.15, -0.1) is 0 Å². The van der Waals surface area contributed by atoms with E-state index in [1.807, 2.05) is 0 Å². The number of rotatable bonds is 8.